The monoisotopic (exact) mass is 144 g/mol. The summed E-state index contributed by atoms with van der Waals surface area (Å²) >= 11 is 0. The quantitative estimate of drug-likeness (QED) is 0.545. The Labute approximate surface area is 59.7 Å². The fourth-order valence-corrected chi connectivity index (χ4v) is 0.944. The van der Waals surface area contributed by atoms with Gasteiger partial charge in [0.2, 0.25) is 5.91 Å². The van der Waals surface area contributed by atoms with Gasteiger partial charge in [-0.3, -0.25) is 10.1 Å². The highest BCUT2D eigenvalue weighted by Gasteiger charge is 2.14. The third kappa shape index (κ3) is 2.33. The van der Waals surface area contributed by atoms with Crippen molar-refractivity contribution in [1.82, 2.24) is 5.32 Å². The van der Waals surface area contributed by atoms with E-state index in [1.807, 2.05) is 0 Å². The van der Waals surface area contributed by atoms with Gasteiger partial charge in [-0.2, -0.15) is 0 Å². The lowest BCUT2D eigenvalue weighted by Gasteiger charge is -2.04. The maximum atomic E-state index is 10.3. The molecule has 1 aliphatic heterocycles. The summed E-state index contributed by atoms with van der Waals surface area (Å²) in [5.74, 6) is -0.254. The fourth-order valence-electron chi connectivity index (χ4n) is 0.944. The standard InChI is InChI=1S/C6H12N2O2/c7-6(9)2-1-5-3-8-4-10-5/h5,8H,1-4H2,(H2,7,9). The van der Waals surface area contributed by atoms with Crippen LogP contribution in [0.4, 0.5) is 0 Å². The summed E-state index contributed by atoms with van der Waals surface area (Å²) in [6, 6.07) is 0. The van der Waals surface area contributed by atoms with Crippen molar-refractivity contribution >= 4 is 5.91 Å². The van der Waals surface area contributed by atoms with Crippen molar-refractivity contribution in [2.24, 2.45) is 5.73 Å². The number of ether oxygens (including phenoxy) is 1. The van der Waals surface area contributed by atoms with E-state index in [0.29, 0.717) is 13.2 Å². The fraction of sp³-hybridized carbons (Fsp3) is 0.833. The minimum absolute atomic E-state index is 0.187. The molecule has 58 valence electrons. The molecule has 4 heteroatoms. The molecule has 0 aromatic rings. The van der Waals surface area contributed by atoms with E-state index in [9.17, 15) is 4.79 Å². The zero-order chi connectivity index (χ0) is 7.40. The number of carbonyl (C=O) groups is 1. The summed E-state index contributed by atoms with van der Waals surface area (Å²) in [4.78, 5) is 10.3. The Morgan fingerprint density at radius 3 is 3.10 bits per heavy atom. The van der Waals surface area contributed by atoms with Crippen LogP contribution in [0.2, 0.25) is 0 Å². The molecular weight excluding hydrogens is 132 g/mol. The van der Waals surface area contributed by atoms with Crippen LogP contribution in [0.25, 0.3) is 0 Å². The van der Waals surface area contributed by atoms with Gasteiger partial charge in [0, 0.05) is 13.0 Å². The molecule has 1 fully saturated rings. The van der Waals surface area contributed by atoms with Crippen LogP contribution in [0.3, 0.4) is 0 Å². The molecule has 1 amide bonds. The number of nitrogens with two attached hydrogens (primary N) is 1. The van der Waals surface area contributed by atoms with E-state index in [0.717, 1.165) is 13.0 Å². The average molecular weight is 144 g/mol. The smallest absolute Gasteiger partial charge is 0.217 e. The highest BCUT2D eigenvalue weighted by atomic mass is 16.5. The molecule has 1 aliphatic rings. The number of carbonyl (C=O) groups excluding carboxylic acids is 1. The molecule has 1 saturated heterocycles. The Kier molecular flexibility index (Phi) is 2.65. The zero-order valence-electron chi connectivity index (χ0n) is 5.80. The number of amides is 1. The van der Waals surface area contributed by atoms with Gasteiger partial charge in [-0.05, 0) is 6.42 Å². The number of nitrogens with one attached hydrogen (secondary N) is 1. The third-order valence-electron chi connectivity index (χ3n) is 1.51. The first-order chi connectivity index (χ1) is 4.79. The maximum Gasteiger partial charge on any atom is 0.217 e. The van der Waals surface area contributed by atoms with Gasteiger partial charge < -0.3 is 10.5 Å². The molecule has 0 aliphatic carbocycles. The molecule has 1 atom stereocenters. The van der Waals surface area contributed by atoms with Crippen molar-refractivity contribution in [3.8, 4) is 0 Å². The van der Waals surface area contributed by atoms with Crippen LogP contribution in [-0.2, 0) is 9.53 Å². The van der Waals surface area contributed by atoms with Crippen LogP contribution in [0.15, 0.2) is 0 Å². The summed E-state index contributed by atoms with van der Waals surface area (Å²) in [7, 11) is 0. The lowest BCUT2D eigenvalue weighted by atomic mass is 10.2. The molecule has 1 heterocycles. The minimum atomic E-state index is -0.254. The van der Waals surface area contributed by atoms with Crippen molar-refractivity contribution in [2.45, 2.75) is 18.9 Å². The Hall–Kier alpha value is -0.610. The van der Waals surface area contributed by atoms with Crippen molar-refractivity contribution in [1.29, 1.82) is 0 Å². The SMILES string of the molecule is NC(=O)CCC1CNCO1. The van der Waals surface area contributed by atoms with Crippen molar-refractivity contribution in [2.75, 3.05) is 13.3 Å². The molecule has 0 aromatic heterocycles. The van der Waals surface area contributed by atoms with E-state index >= 15 is 0 Å². The van der Waals surface area contributed by atoms with Gasteiger partial charge in [0.25, 0.3) is 0 Å². The van der Waals surface area contributed by atoms with Crippen LogP contribution in [0, 0.1) is 0 Å². The number of hydrogen-bond acceptors (Lipinski definition) is 3. The molecule has 0 radical (unpaired) electrons. The van der Waals surface area contributed by atoms with E-state index in [1.54, 1.807) is 0 Å². The number of primary amides is 1. The van der Waals surface area contributed by atoms with E-state index < -0.39 is 0 Å². The normalized spacial score (nSPS) is 25.0. The van der Waals surface area contributed by atoms with Gasteiger partial charge in [0.15, 0.2) is 0 Å². The molecule has 0 aromatic carbocycles. The number of rotatable bonds is 3. The second-order valence-electron chi connectivity index (χ2n) is 2.39. The van der Waals surface area contributed by atoms with Gasteiger partial charge in [-0.15, -0.1) is 0 Å². The summed E-state index contributed by atoms with van der Waals surface area (Å²) in [6.07, 6.45) is 1.35. The van der Waals surface area contributed by atoms with E-state index in [-0.39, 0.29) is 12.0 Å². The van der Waals surface area contributed by atoms with Gasteiger partial charge in [0.05, 0.1) is 12.8 Å². The Balaban J connectivity index is 2.07. The van der Waals surface area contributed by atoms with Crippen LogP contribution in [0.5, 0.6) is 0 Å². The van der Waals surface area contributed by atoms with Crippen molar-refractivity contribution in [3.05, 3.63) is 0 Å². The Morgan fingerprint density at radius 2 is 2.60 bits per heavy atom. The van der Waals surface area contributed by atoms with Crippen molar-refractivity contribution in [3.63, 3.8) is 0 Å². The average Bonchev–Trinajstić information content (AvgIpc) is 2.34. The highest BCUT2D eigenvalue weighted by molar-refractivity contribution is 5.73. The largest absolute Gasteiger partial charge is 0.370 e. The molecule has 0 spiro atoms. The summed E-state index contributed by atoms with van der Waals surface area (Å²) in [5.41, 5.74) is 4.96. The topological polar surface area (TPSA) is 64.4 Å². The molecular formula is C6H12N2O2. The maximum absolute atomic E-state index is 10.3. The second kappa shape index (κ2) is 3.53. The zero-order valence-corrected chi connectivity index (χ0v) is 5.80. The first kappa shape index (κ1) is 7.50. The molecule has 1 rings (SSSR count). The van der Waals surface area contributed by atoms with Crippen molar-refractivity contribution < 1.29 is 9.53 Å². The van der Waals surface area contributed by atoms with Crippen LogP contribution in [-0.4, -0.2) is 25.3 Å². The van der Waals surface area contributed by atoms with Gasteiger partial charge >= 0.3 is 0 Å². The molecule has 0 saturated carbocycles. The first-order valence-electron chi connectivity index (χ1n) is 3.39. The molecule has 0 bridgehead atoms. The first-order valence-corrected chi connectivity index (χ1v) is 3.39. The lowest BCUT2D eigenvalue weighted by molar-refractivity contribution is -0.118. The highest BCUT2D eigenvalue weighted by Crippen LogP contribution is 2.04. The summed E-state index contributed by atoms with van der Waals surface area (Å²) in [6.45, 7) is 1.44. The predicted octanol–water partition coefficient (Wildman–Crippen LogP) is -0.802. The second-order valence-corrected chi connectivity index (χ2v) is 2.39. The Bertz CT molecular complexity index is 121. The third-order valence-corrected chi connectivity index (χ3v) is 1.51. The summed E-state index contributed by atoms with van der Waals surface area (Å²) < 4.78 is 5.18. The molecule has 10 heavy (non-hydrogen) atoms. The van der Waals surface area contributed by atoms with Gasteiger partial charge in [-0.25, -0.2) is 0 Å². The van der Waals surface area contributed by atoms with Crippen LogP contribution < -0.4 is 11.1 Å². The van der Waals surface area contributed by atoms with Crippen LogP contribution >= 0.6 is 0 Å². The molecule has 3 N–H and O–H groups in total. The van der Waals surface area contributed by atoms with Crippen LogP contribution in [0.1, 0.15) is 12.8 Å². The van der Waals surface area contributed by atoms with Gasteiger partial charge in [0.1, 0.15) is 0 Å². The lowest BCUT2D eigenvalue weighted by Crippen LogP contribution is -2.18. The predicted molar refractivity (Wildman–Crippen MR) is 36.2 cm³/mol. The van der Waals surface area contributed by atoms with E-state index in [2.05, 4.69) is 5.32 Å². The van der Waals surface area contributed by atoms with E-state index in [4.69, 9.17) is 10.5 Å². The van der Waals surface area contributed by atoms with E-state index in [1.165, 1.54) is 0 Å². The Morgan fingerprint density at radius 1 is 1.80 bits per heavy atom. The number of hydrogen-bond donors (Lipinski definition) is 2. The molecule has 1 unspecified atom stereocenters. The summed E-state index contributed by atoms with van der Waals surface area (Å²) in [5, 5.41) is 3.02. The molecule has 4 nitrogen and oxygen atoms in total. The van der Waals surface area contributed by atoms with Gasteiger partial charge in [-0.1, -0.05) is 0 Å². The minimum Gasteiger partial charge on any atom is -0.370 e.